The lowest BCUT2D eigenvalue weighted by molar-refractivity contribution is 0.891. The summed E-state index contributed by atoms with van der Waals surface area (Å²) in [6.45, 7) is 0. The second-order valence-corrected chi connectivity index (χ2v) is 6.04. The number of nitrogens with zero attached hydrogens (tertiary/aromatic N) is 3. The number of hydrogen-bond donors (Lipinski definition) is 1. The topological polar surface area (TPSA) is 63.6 Å². The van der Waals surface area contributed by atoms with E-state index >= 15 is 0 Å². The van der Waals surface area contributed by atoms with Crippen LogP contribution in [0, 0.1) is 0 Å². The number of fused-ring (bicyclic) bond motifs is 1. The number of aromatic nitrogens is 4. The van der Waals surface area contributed by atoms with Gasteiger partial charge < -0.3 is 0 Å². The van der Waals surface area contributed by atoms with Gasteiger partial charge in [-0.2, -0.15) is 10.2 Å². The molecule has 2 aromatic heterocycles. The third-order valence-electron chi connectivity index (χ3n) is 3.67. The van der Waals surface area contributed by atoms with E-state index in [1.54, 1.807) is 29.1 Å². The molecule has 4 aromatic rings. The van der Waals surface area contributed by atoms with E-state index in [1.807, 2.05) is 30.3 Å². The molecule has 0 aliphatic carbocycles. The van der Waals surface area contributed by atoms with E-state index in [-0.39, 0.29) is 5.56 Å². The smallest absolute Gasteiger partial charge is 0.265 e. The maximum Gasteiger partial charge on any atom is 0.292 e. The minimum absolute atomic E-state index is 0.301. The van der Waals surface area contributed by atoms with Gasteiger partial charge in [-0.1, -0.05) is 47.5 Å². The van der Waals surface area contributed by atoms with E-state index in [9.17, 15) is 4.79 Å². The molecule has 0 radical (unpaired) electrons. The van der Waals surface area contributed by atoms with Crippen molar-refractivity contribution in [2.75, 3.05) is 0 Å². The van der Waals surface area contributed by atoms with Crippen molar-refractivity contribution in [2.24, 2.45) is 0 Å². The highest BCUT2D eigenvalue weighted by molar-refractivity contribution is 6.32. The van der Waals surface area contributed by atoms with Gasteiger partial charge in [-0.3, -0.25) is 4.79 Å². The number of benzene rings is 2. The molecule has 1 N–H and O–H groups in total. The monoisotopic (exact) mass is 356 g/mol. The van der Waals surface area contributed by atoms with Gasteiger partial charge in [0.2, 0.25) is 0 Å². The Bertz CT molecular complexity index is 1100. The quantitative estimate of drug-likeness (QED) is 0.588. The molecular formula is C17H10Cl2N4O. The molecule has 7 heteroatoms. The number of nitrogens with one attached hydrogen (secondary N) is 1. The van der Waals surface area contributed by atoms with E-state index in [0.717, 1.165) is 5.56 Å². The SMILES string of the molecule is O=c1[nH]nc(-c2ccc(Cl)cc2)c2cn(-c3ccccc3Cl)nc12. The van der Waals surface area contributed by atoms with Gasteiger partial charge in [0, 0.05) is 16.8 Å². The molecule has 118 valence electrons. The van der Waals surface area contributed by atoms with Crippen LogP contribution in [0.25, 0.3) is 27.8 Å². The van der Waals surface area contributed by atoms with Crippen molar-refractivity contribution >= 4 is 34.1 Å². The minimum Gasteiger partial charge on any atom is -0.265 e. The van der Waals surface area contributed by atoms with Crippen LogP contribution in [0.1, 0.15) is 0 Å². The molecule has 2 heterocycles. The Morgan fingerprint density at radius 3 is 2.50 bits per heavy atom. The van der Waals surface area contributed by atoms with Crippen molar-refractivity contribution in [3.05, 3.63) is 75.1 Å². The Morgan fingerprint density at radius 1 is 1.00 bits per heavy atom. The van der Waals surface area contributed by atoms with E-state index in [0.29, 0.717) is 32.3 Å². The summed E-state index contributed by atoms with van der Waals surface area (Å²) in [6, 6.07) is 14.5. The molecule has 0 spiro atoms. The van der Waals surface area contributed by atoms with Gasteiger partial charge in [0.1, 0.15) is 5.69 Å². The third-order valence-corrected chi connectivity index (χ3v) is 4.24. The molecule has 0 atom stereocenters. The molecule has 0 aliphatic rings. The molecule has 0 aliphatic heterocycles. The summed E-state index contributed by atoms with van der Waals surface area (Å²) >= 11 is 12.2. The van der Waals surface area contributed by atoms with E-state index < -0.39 is 0 Å². The number of rotatable bonds is 2. The number of aromatic amines is 1. The van der Waals surface area contributed by atoms with Crippen LogP contribution >= 0.6 is 23.2 Å². The first-order valence-electron chi connectivity index (χ1n) is 7.12. The van der Waals surface area contributed by atoms with Gasteiger partial charge in [-0.25, -0.2) is 9.78 Å². The lowest BCUT2D eigenvalue weighted by atomic mass is 10.1. The maximum absolute atomic E-state index is 12.1. The van der Waals surface area contributed by atoms with Crippen molar-refractivity contribution < 1.29 is 0 Å². The van der Waals surface area contributed by atoms with E-state index in [4.69, 9.17) is 23.2 Å². The van der Waals surface area contributed by atoms with Crippen LogP contribution in [0.4, 0.5) is 0 Å². The number of hydrogen-bond acceptors (Lipinski definition) is 3. The van der Waals surface area contributed by atoms with E-state index in [1.165, 1.54) is 0 Å². The Morgan fingerprint density at radius 2 is 1.75 bits per heavy atom. The summed E-state index contributed by atoms with van der Waals surface area (Å²) in [6.07, 6.45) is 1.75. The standard InChI is InChI=1S/C17H10Cl2N4O/c18-11-7-5-10(6-8-11)15-12-9-23(14-4-2-1-3-13(14)19)22-16(12)17(24)21-20-15/h1-9H,(H,21,24). The summed E-state index contributed by atoms with van der Waals surface area (Å²) in [5.41, 5.74) is 2.10. The highest BCUT2D eigenvalue weighted by atomic mass is 35.5. The predicted molar refractivity (Wildman–Crippen MR) is 94.9 cm³/mol. The number of H-pyrrole nitrogens is 1. The van der Waals surface area contributed by atoms with Crippen molar-refractivity contribution in [1.82, 2.24) is 20.0 Å². The van der Waals surface area contributed by atoms with Gasteiger partial charge >= 0.3 is 0 Å². The summed E-state index contributed by atoms with van der Waals surface area (Å²) < 4.78 is 1.59. The first-order valence-corrected chi connectivity index (χ1v) is 7.88. The van der Waals surface area contributed by atoms with Crippen LogP contribution in [0.15, 0.2) is 59.5 Å². The zero-order valence-electron chi connectivity index (χ0n) is 12.2. The fourth-order valence-corrected chi connectivity index (χ4v) is 2.87. The summed E-state index contributed by atoms with van der Waals surface area (Å²) in [7, 11) is 0. The average molecular weight is 357 g/mol. The van der Waals surface area contributed by atoms with Crippen molar-refractivity contribution in [3.63, 3.8) is 0 Å². The van der Waals surface area contributed by atoms with E-state index in [2.05, 4.69) is 15.3 Å². The molecule has 2 aromatic carbocycles. The lowest BCUT2D eigenvalue weighted by Gasteiger charge is -2.02. The van der Waals surface area contributed by atoms with Gasteiger partial charge in [0.05, 0.1) is 16.1 Å². The van der Waals surface area contributed by atoms with Crippen molar-refractivity contribution in [3.8, 4) is 16.9 Å². The first kappa shape index (κ1) is 14.9. The van der Waals surface area contributed by atoms with Crippen LogP contribution in [-0.4, -0.2) is 20.0 Å². The molecule has 5 nitrogen and oxygen atoms in total. The fourth-order valence-electron chi connectivity index (χ4n) is 2.52. The molecule has 24 heavy (non-hydrogen) atoms. The normalized spacial score (nSPS) is 11.1. The number of para-hydroxylation sites is 1. The Labute approximate surface area is 146 Å². The summed E-state index contributed by atoms with van der Waals surface area (Å²) in [5, 5.41) is 12.8. The van der Waals surface area contributed by atoms with Crippen LogP contribution in [0.2, 0.25) is 10.0 Å². The van der Waals surface area contributed by atoms with Crippen LogP contribution in [0.3, 0.4) is 0 Å². The van der Waals surface area contributed by atoms with Crippen LogP contribution < -0.4 is 5.56 Å². The molecule has 0 saturated carbocycles. The van der Waals surface area contributed by atoms with Crippen LogP contribution in [-0.2, 0) is 0 Å². The minimum atomic E-state index is -0.353. The average Bonchev–Trinajstić information content (AvgIpc) is 3.03. The molecule has 0 unspecified atom stereocenters. The third kappa shape index (κ3) is 2.48. The maximum atomic E-state index is 12.1. The lowest BCUT2D eigenvalue weighted by Crippen LogP contribution is -2.09. The molecule has 0 amide bonds. The van der Waals surface area contributed by atoms with Gasteiger partial charge in [0.25, 0.3) is 5.56 Å². The molecule has 0 bridgehead atoms. The second kappa shape index (κ2) is 5.78. The molecule has 0 fully saturated rings. The van der Waals surface area contributed by atoms with Crippen molar-refractivity contribution in [1.29, 1.82) is 0 Å². The van der Waals surface area contributed by atoms with Gasteiger partial charge in [0.15, 0.2) is 5.52 Å². The fraction of sp³-hybridized carbons (Fsp3) is 0. The zero-order chi connectivity index (χ0) is 16.7. The molecular weight excluding hydrogens is 347 g/mol. The Kier molecular flexibility index (Phi) is 3.59. The van der Waals surface area contributed by atoms with Crippen molar-refractivity contribution in [2.45, 2.75) is 0 Å². The predicted octanol–water partition coefficient (Wildman–Crippen LogP) is 4.08. The summed E-state index contributed by atoms with van der Waals surface area (Å²) in [4.78, 5) is 12.1. The second-order valence-electron chi connectivity index (χ2n) is 5.20. The number of halogens is 2. The molecule has 4 rings (SSSR count). The highest BCUT2D eigenvalue weighted by Gasteiger charge is 2.14. The van der Waals surface area contributed by atoms with Gasteiger partial charge in [-0.05, 0) is 24.3 Å². The summed E-state index contributed by atoms with van der Waals surface area (Å²) in [5.74, 6) is 0. The Balaban J connectivity index is 1.98. The highest BCUT2D eigenvalue weighted by Crippen LogP contribution is 2.27. The van der Waals surface area contributed by atoms with Gasteiger partial charge in [-0.15, -0.1) is 0 Å². The largest absolute Gasteiger partial charge is 0.292 e. The first-order chi connectivity index (χ1) is 11.6. The Hall–Kier alpha value is -2.63. The zero-order valence-corrected chi connectivity index (χ0v) is 13.7. The molecule has 0 saturated heterocycles. The van der Waals surface area contributed by atoms with Crippen LogP contribution in [0.5, 0.6) is 0 Å².